The molecule has 5 aliphatic rings. The number of para-hydroxylation sites is 3. The van der Waals surface area contributed by atoms with E-state index in [4.69, 9.17) is 9.47 Å². The molecule has 32 heavy (non-hydrogen) atoms. The minimum atomic E-state index is -0.280. The quantitative estimate of drug-likeness (QED) is 0.603. The van der Waals surface area contributed by atoms with E-state index >= 15 is 0 Å². The Morgan fingerprint density at radius 1 is 0.844 bits per heavy atom. The van der Waals surface area contributed by atoms with E-state index in [0.717, 1.165) is 12.8 Å². The summed E-state index contributed by atoms with van der Waals surface area (Å²) in [6.07, 6.45) is 5.14. The average molecular weight is 427 g/mol. The molecular weight excluding hydrogens is 396 g/mol. The molecule has 1 saturated heterocycles. The molecule has 3 unspecified atom stereocenters. The van der Waals surface area contributed by atoms with E-state index in [1.54, 1.807) is 0 Å². The standard InChI is InChI=1S/C28H30N2O2/c1-27(2)28(3,4)32-25-23(24(25)31-27)16-13-14-17-18-9-5-7-11-21(18)30-22-12-8-6-10-20(22)29-26(30)19(17)15-16/h5-12,15,23-26,29H,13-14H2,1-4H3. The van der Waals surface area contributed by atoms with Gasteiger partial charge in [0.2, 0.25) is 0 Å². The molecule has 2 fully saturated rings. The average Bonchev–Trinajstić information content (AvgIpc) is 3.27. The zero-order valence-corrected chi connectivity index (χ0v) is 19.2. The van der Waals surface area contributed by atoms with Crippen LogP contribution in [0.15, 0.2) is 65.8 Å². The smallest absolute Gasteiger partial charge is 0.130 e. The van der Waals surface area contributed by atoms with Gasteiger partial charge in [-0.3, -0.25) is 0 Å². The highest BCUT2D eigenvalue weighted by Crippen LogP contribution is 2.57. The predicted octanol–water partition coefficient (Wildman–Crippen LogP) is 6.03. The summed E-state index contributed by atoms with van der Waals surface area (Å²) in [4.78, 5) is 2.47. The van der Waals surface area contributed by atoms with Crippen LogP contribution in [0, 0.1) is 5.92 Å². The molecule has 4 heteroatoms. The number of nitrogens with zero attached hydrogens (tertiary/aromatic N) is 1. The number of fused-ring (bicyclic) bond motifs is 8. The maximum atomic E-state index is 6.55. The minimum Gasteiger partial charge on any atom is -0.366 e. The normalized spacial score (nSPS) is 32.6. The first-order valence-corrected chi connectivity index (χ1v) is 11.9. The van der Waals surface area contributed by atoms with E-state index in [2.05, 4.69) is 92.5 Å². The molecule has 7 rings (SSSR count). The summed E-state index contributed by atoms with van der Waals surface area (Å²) in [7, 11) is 0. The van der Waals surface area contributed by atoms with Gasteiger partial charge in [0.1, 0.15) is 6.17 Å². The van der Waals surface area contributed by atoms with Gasteiger partial charge in [0, 0.05) is 11.5 Å². The molecule has 0 spiro atoms. The Kier molecular flexibility index (Phi) is 3.59. The van der Waals surface area contributed by atoms with Gasteiger partial charge in [0.15, 0.2) is 0 Å². The topological polar surface area (TPSA) is 33.7 Å². The third kappa shape index (κ3) is 2.40. The molecule has 0 aromatic heterocycles. The Hall–Kier alpha value is -2.56. The van der Waals surface area contributed by atoms with E-state index in [1.807, 2.05) is 0 Å². The summed E-state index contributed by atoms with van der Waals surface area (Å²) in [6.45, 7) is 8.63. The van der Waals surface area contributed by atoms with Crippen molar-refractivity contribution in [2.45, 2.75) is 70.1 Å². The van der Waals surface area contributed by atoms with Gasteiger partial charge in [-0.1, -0.05) is 42.0 Å². The molecule has 1 N–H and O–H groups in total. The lowest BCUT2D eigenvalue weighted by Gasteiger charge is -2.44. The number of rotatable bonds is 1. The van der Waals surface area contributed by atoms with Gasteiger partial charge in [0.25, 0.3) is 0 Å². The number of nitrogens with one attached hydrogen (secondary N) is 1. The molecular formula is C28H30N2O2. The van der Waals surface area contributed by atoms with Crippen molar-refractivity contribution < 1.29 is 9.47 Å². The van der Waals surface area contributed by atoms with E-state index < -0.39 is 0 Å². The second-order valence-electron chi connectivity index (χ2n) is 10.8. The molecule has 2 aromatic carbocycles. The van der Waals surface area contributed by atoms with Crippen molar-refractivity contribution in [1.29, 1.82) is 0 Å². The third-order valence-electron chi connectivity index (χ3n) is 8.48. The van der Waals surface area contributed by atoms with Crippen molar-refractivity contribution in [2.24, 2.45) is 5.92 Å². The lowest BCUT2D eigenvalue weighted by atomic mass is 9.82. The number of hydrogen-bond acceptors (Lipinski definition) is 4. The third-order valence-corrected chi connectivity index (χ3v) is 8.48. The molecule has 4 nitrogen and oxygen atoms in total. The van der Waals surface area contributed by atoms with Crippen LogP contribution in [-0.2, 0) is 9.47 Å². The molecule has 1 saturated carbocycles. The molecule has 3 aliphatic heterocycles. The number of anilines is 3. The fourth-order valence-corrected chi connectivity index (χ4v) is 6.07. The maximum absolute atomic E-state index is 6.55. The van der Waals surface area contributed by atoms with E-state index in [0.29, 0.717) is 5.92 Å². The van der Waals surface area contributed by atoms with Crippen molar-refractivity contribution >= 4 is 22.6 Å². The number of hydrogen-bond donors (Lipinski definition) is 1. The highest BCUT2D eigenvalue weighted by Gasteiger charge is 2.64. The zero-order valence-electron chi connectivity index (χ0n) is 19.2. The Balaban J connectivity index is 1.30. The van der Waals surface area contributed by atoms with Gasteiger partial charge in [-0.15, -0.1) is 0 Å². The summed E-state index contributed by atoms with van der Waals surface area (Å²) in [5.74, 6) is 0.375. The van der Waals surface area contributed by atoms with Crippen molar-refractivity contribution in [2.75, 3.05) is 10.2 Å². The molecule has 3 heterocycles. The Morgan fingerprint density at radius 3 is 2.25 bits per heavy atom. The van der Waals surface area contributed by atoms with Crippen molar-refractivity contribution in [3.8, 4) is 0 Å². The van der Waals surface area contributed by atoms with Crippen LogP contribution in [-0.4, -0.2) is 29.6 Å². The van der Waals surface area contributed by atoms with Crippen LogP contribution in [0.25, 0.3) is 5.57 Å². The fourth-order valence-electron chi connectivity index (χ4n) is 6.07. The van der Waals surface area contributed by atoms with Gasteiger partial charge < -0.3 is 19.7 Å². The molecule has 2 aliphatic carbocycles. The van der Waals surface area contributed by atoms with Crippen LogP contribution in [0.4, 0.5) is 17.1 Å². The van der Waals surface area contributed by atoms with E-state index in [9.17, 15) is 0 Å². The molecule has 164 valence electrons. The highest BCUT2D eigenvalue weighted by molar-refractivity contribution is 5.95. The van der Waals surface area contributed by atoms with E-state index in [1.165, 1.54) is 39.3 Å². The van der Waals surface area contributed by atoms with Crippen molar-refractivity contribution in [1.82, 2.24) is 0 Å². The van der Waals surface area contributed by atoms with Crippen LogP contribution in [0.2, 0.25) is 0 Å². The van der Waals surface area contributed by atoms with Crippen LogP contribution >= 0.6 is 0 Å². The summed E-state index contributed by atoms with van der Waals surface area (Å²) in [5.41, 5.74) is 8.96. The lowest BCUT2D eigenvalue weighted by Crippen LogP contribution is -2.53. The van der Waals surface area contributed by atoms with Gasteiger partial charge >= 0.3 is 0 Å². The number of allylic oxidation sites excluding steroid dienone is 1. The van der Waals surface area contributed by atoms with Crippen molar-refractivity contribution in [3.63, 3.8) is 0 Å². The SMILES string of the molecule is CC1(C)OC2C(OC1(C)C)C2C1=CC2=C(CC1)c1ccccc1N1c3ccccc3NC21. The maximum Gasteiger partial charge on any atom is 0.130 e. The monoisotopic (exact) mass is 426 g/mol. The van der Waals surface area contributed by atoms with Crippen molar-refractivity contribution in [3.05, 3.63) is 71.3 Å². The van der Waals surface area contributed by atoms with Crippen LogP contribution < -0.4 is 10.2 Å². The highest BCUT2D eigenvalue weighted by atomic mass is 16.6. The molecule has 0 radical (unpaired) electrons. The molecule has 0 amide bonds. The fraction of sp³-hybridized carbons (Fsp3) is 0.429. The Labute approximate surface area is 189 Å². The number of benzene rings is 2. The summed E-state index contributed by atoms with van der Waals surface area (Å²) >= 11 is 0. The molecule has 0 bridgehead atoms. The van der Waals surface area contributed by atoms with Gasteiger partial charge in [-0.25, -0.2) is 0 Å². The minimum absolute atomic E-state index is 0.142. The lowest BCUT2D eigenvalue weighted by molar-refractivity contribution is -0.233. The van der Waals surface area contributed by atoms with Crippen LogP contribution in [0.3, 0.4) is 0 Å². The Bertz CT molecular complexity index is 1190. The molecule has 3 atom stereocenters. The van der Waals surface area contributed by atoms with Gasteiger partial charge in [-0.2, -0.15) is 0 Å². The first-order chi connectivity index (χ1) is 15.4. The second kappa shape index (κ2) is 6.06. The van der Waals surface area contributed by atoms with Gasteiger partial charge in [0.05, 0.1) is 40.5 Å². The second-order valence-corrected chi connectivity index (χ2v) is 10.8. The first-order valence-electron chi connectivity index (χ1n) is 11.9. The summed E-state index contributed by atoms with van der Waals surface area (Å²) < 4.78 is 13.1. The largest absolute Gasteiger partial charge is 0.366 e. The van der Waals surface area contributed by atoms with Crippen LogP contribution in [0.5, 0.6) is 0 Å². The summed E-state index contributed by atoms with van der Waals surface area (Å²) in [6, 6.07) is 17.5. The van der Waals surface area contributed by atoms with Crippen LogP contribution in [0.1, 0.15) is 46.1 Å². The van der Waals surface area contributed by atoms with Gasteiger partial charge in [-0.05, 0) is 69.9 Å². The van der Waals surface area contributed by atoms with E-state index in [-0.39, 0.29) is 29.6 Å². The zero-order chi connectivity index (χ0) is 21.8. The summed E-state index contributed by atoms with van der Waals surface area (Å²) in [5, 5.41) is 3.81. The molecule has 2 aromatic rings. The first kappa shape index (κ1) is 19.0. The Morgan fingerprint density at radius 2 is 1.50 bits per heavy atom. The predicted molar refractivity (Wildman–Crippen MR) is 128 cm³/mol. The number of ether oxygens (including phenoxy) is 2.